The summed E-state index contributed by atoms with van der Waals surface area (Å²) in [5.74, 6) is 0.933. The smallest absolute Gasteiger partial charge is 0.259 e. The first-order valence-corrected chi connectivity index (χ1v) is 9.13. The molecule has 27 heavy (non-hydrogen) atoms. The van der Waals surface area contributed by atoms with Gasteiger partial charge in [-0.3, -0.25) is 4.79 Å². The van der Waals surface area contributed by atoms with E-state index in [0.29, 0.717) is 35.4 Å². The van der Waals surface area contributed by atoms with Crippen molar-refractivity contribution >= 4 is 17.0 Å². The van der Waals surface area contributed by atoms with E-state index in [4.69, 9.17) is 9.26 Å². The Balaban J connectivity index is 1.97. The lowest BCUT2D eigenvalue weighted by Crippen LogP contribution is -2.30. The van der Waals surface area contributed by atoms with E-state index >= 15 is 0 Å². The van der Waals surface area contributed by atoms with Gasteiger partial charge in [-0.05, 0) is 43.5 Å². The van der Waals surface area contributed by atoms with Crippen LogP contribution in [0.25, 0.3) is 11.1 Å². The molecule has 0 N–H and O–H groups in total. The topological polar surface area (TPSA) is 68.5 Å². The number of hydrogen-bond donors (Lipinski definition) is 0. The predicted octanol–water partition coefficient (Wildman–Crippen LogP) is 4.33. The molecule has 6 nitrogen and oxygen atoms in total. The van der Waals surface area contributed by atoms with Gasteiger partial charge < -0.3 is 14.2 Å². The number of methoxy groups -OCH3 is 1. The monoisotopic (exact) mass is 367 g/mol. The van der Waals surface area contributed by atoms with Gasteiger partial charge in [-0.15, -0.1) is 0 Å². The molecule has 0 bridgehead atoms. The van der Waals surface area contributed by atoms with Crippen LogP contribution in [-0.4, -0.2) is 34.6 Å². The molecule has 0 spiro atoms. The number of aromatic nitrogens is 2. The number of ether oxygens (including phenoxy) is 1. The van der Waals surface area contributed by atoms with Crippen molar-refractivity contribution in [3.63, 3.8) is 0 Å². The zero-order valence-electron chi connectivity index (χ0n) is 16.4. The van der Waals surface area contributed by atoms with Crippen molar-refractivity contribution in [3.05, 3.63) is 52.8 Å². The molecule has 0 fully saturated rings. The van der Waals surface area contributed by atoms with Crippen LogP contribution in [0.5, 0.6) is 5.75 Å². The Bertz CT molecular complexity index is 945. The summed E-state index contributed by atoms with van der Waals surface area (Å²) in [6, 6.07) is 9.62. The van der Waals surface area contributed by atoms with Gasteiger partial charge in [0.05, 0.1) is 23.8 Å². The highest BCUT2D eigenvalue weighted by molar-refractivity contribution is 6.06. The Kier molecular flexibility index (Phi) is 5.44. The second-order valence-corrected chi connectivity index (χ2v) is 6.86. The third-order valence-corrected chi connectivity index (χ3v) is 4.66. The van der Waals surface area contributed by atoms with E-state index in [1.807, 2.05) is 62.9 Å². The van der Waals surface area contributed by atoms with E-state index in [9.17, 15) is 4.79 Å². The first-order chi connectivity index (χ1) is 12.9. The van der Waals surface area contributed by atoms with Crippen molar-refractivity contribution < 1.29 is 14.1 Å². The standard InChI is InChI=1S/C21H25N3O3/c1-6-24(12-15-7-9-16(26-5)10-8-15)21(25)17-11-18(13(2)3)22-20-19(17)14(4)23-27-20/h7-11,13H,6,12H2,1-5H3. The molecular weight excluding hydrogens is 342 g/mol. The second kappa shape index (κ2) is 7.78. The molecule has 2 aromatic heterocycles. The van der Waals surface area contributed by atoms with Gasteiger partial charge in [0, 0.05) is 18.8 Å². The summed E-state index contributed by atoms with van der Waals surface area (Å²) in [5.41, 5.74) is 3.56. The van der Waals surface area contributed by atoms with E-state index in [-0.39, 0.29) is 11.8 Å². The van der Waals surface area contributed by atoms with Crippen LogP contribution in [0.15, 0.2) is 34.9 Å². The minimum atomic E-state index is -0.0473. The summed E-state index contributed by atoms with van der Waals surface area (Å²) in [7, 11) is 1.64. The van der Waals surface area contributed by atoms with E-state index in [1.165, 1.54) is 0 Å². The zero-order valence-corrected chi connectivity index (χ0v) is 16.4. The molecule has 3 aromatic rings. The van der Waals surface area contributed by atoms with E-state index in [1.54, 1.807) is 7.11 Å². The molecule has 0 aliphatic rings. The number of amides is 1. The summed E-state index contributed by atoms with van der Waals surface area (Å²) >= 11 is 0. The molecule has 0 radical (unpaired) electrons. The highest BCUT2D eigenvalue weighted by atomic mass is 16.5. The summed E-state index contributed by atoms with van der Waals surface area (Å²) in [4.78, 5) is 19.7. The second-order valence-electron chi connectivity index (χ2n) is 6.86. The van der Waals surface area contributed by atoms with Crippen molar-refractivity contribution in [3.8, 4) is 5.75 Å². The number of nitrogens with zero attached hydrogens (tertiary/aromatic N) is 3. The highest BCUT2D eigenvalue weighted by Gasteiger charge is 2.23. The average Bonchev–Trinajstić information content (AvgIpc) is 3.06. The van der Waals surface area contributed by atoms with Crippen LogP contribution in [0.1, 0.15) is 54.0 Å². The molecule has 3 rings (SSSR count). The van der Waals surface area contributed by atoms with Gasteiger partial charge in [-0.1, -0.05) is 31.1 Å². The molecule has 6 heteroatoms. The molecule has 0 saturated carbocycles. The number of fused-ring (bicyclic) bond motifs is 1. The molecule has 2 heterocycles. The van der Waals surface area contributed by atoms with Gasteiger partial charge in [0.25, 0.3) is 11.6 Å². The first-order valence-electron chi connectivity index (χ1n) is 9.13. The Hall–Kier alpha value is -2.89. The SMILES string of the molecule is CCN(Cc1ccc(OC)cc1)C(=O)c1cc(C(C)C)nc2onc(C)c12. The number of pyridine rings is 1. The normalized spacial score (nSPS) is 11.2. The fourth-order valence-electron chi connectivity index (χ4n) is 3.03. The summed E-state index contributed by atoms with van der Waals surface area (Å²) < 4.78 is 10.5. The van der Waals surface area contributed by atoms with Gasteiger partial charge in [-0.25, -0.2) is 4.98 Å². The summed E-state index contributed by atoms with van der Waals surface area (Å²) in [5, 5.41) is 4.70. The van der Waals surface area contributed by atoms with E-state index in [0.717, 1.165) is 17.0 Å². The highest BCUT2D eigenvalue weighted by Crippen LogP contribution is 2.26. The van der Waals surface area contributed by atoms with Gasteiger partial charge in [0.15, 0.2) is 0 Å². The van der Waals surface area contributed by atoms with E-state index < -0.39 is 0 Å². The molecular formula is C21H25N3O3. The van der Waals surface area contributed by atoms with Crippen LogP contribution in [0.3, 0.4) is 0 Å². The summed E-state index contributed by atoms with van der Waals surface area (Å²) in [6.45, 7) is 9.00. The number of hydrogen-bond acceptors (Lipinski definition) is 5. The van der Waals surface area contributed by atoms with Crippen LogP contribution in [0, 0.1) is 6.92 Å². The van der Waals surface area contributed by atoms with Gasteiger partial charge in [-0.2, -0.15) is 0 Å². The van der Waals surface area contributed by atoms with Crippen molar-refractivity contribution in [2.24, 2.45) is 0 Å². The molecule has 1 aromatic carbocycles. The number of carbonyl (C=O) groups excluding carboxylic acids is 1. The number of benzene rings is 1. The first kappa shape index (κ1) is 18.9. The lowest BCUT2D eigenvalue weighted by atomic mass is 10.0. The minimum Gasteiger partial charge on any atom is -0.497 e. The Morgan fingerprint density at radius 2 is 1.96 bits per heavy atom. The van der Waals surface area contributed by atoms with Gasteiger partial charge in [0.1, 0.15) is 5.75 Å². The minimum absolute atomic E-state index is 0.0473. The third kappa shape index (κ3) is 3.79. The fraction of sp³-hybridized carbons (Fsp3) is 0.381. The molecule has 0 unspecified atom stereocenters. The van der Waals surface area contributed by atoms with Crippen molar-refractivity contribution in [2.75, 3.05) is 13.7 Å². The maximum Gasteiger partial charge on any atom is 0.259 e. The largest absolute Gasteiger partial charge is 0.497 e. The molecule has 0 saturated heterocycles. The number of aryl methyl sites for hydroxylation is 1. The predicted molar refractivity (Wildman–Crippen MR) is 104 cm³/mol. The maximum absolute atomic E-state index is 13.3. The van der Waals surface area contributed by atoms with Crippen LogP contribution < -0.4 is 4.74 Å². The number of carbonyl (C=O) groups is 1. The van der Waals surface area contributed by atoms with Gasteiger partial charge in [0.2, 0.25) is 0 Å². The van der Waals surface area contributed by atoms with Crippen molar-refractivity contribution in [2.45, 2.75) is 40.2 Å². The quantitative estimate of drug-likeness (QED) is 0.649. The lowest BCUT2D eigenvalue weighted by Gasteiger charge is -2.22. The average molecular weight is 367 g/mol. The van der Waals surface area contributed by atoms with Crippen molar-refractivity contribution in [1.29, 1.82) is 0 Å². The molecule has 0 atom stereocenters. The molecule has 142 valence electrons. The fourth-order valence-corrected chi connectivity index (χ4v) is 3.03. The van der Waals surface area contributed by atoms with Gasteiger partial charge >= 0.3 is 0 Å². The Morgan fingerprint density at radius 3 is 2.56 bits per heavy atom. The summed E-state index contributed by atoms with van der Waals surface area (Å²) in [6.07, 6.45) is 0. The Labute approximate surface area is 159 Å². The van der Waals surface area contributed by atoms with Crippen molar-refractivity contribution in [1.82, 2.24) is 15.0 Å². The number of rotatable bonds is 6. The van der Waals surface area contributed by atoms with Crippen LogP contribution in [-0.2, 0) is 6.54 Å². The molecule has 1 amide bonds. The third-order valence-electron chi connectivity index (χ3n) is 4.66. The van der Waals surface area contributed by atoms with Crippen LogP contribution in [0.4, 0.5) is 0 Å². The lowest BCUT2D eigenvalue weighted by molar-refractivity contribution is 0.0754. The van der Waals surface area contributed by atoms with Crippen LogP contribution >= 0.6 is 0 Å². The molecule has 0 aliphatic heterocycles. The van der Waals surface area contributed by atoms with E-state index in [2.05, 4.69) is 10.1 Å². The Morgan fingerprint density at radius 1 is 1.26 bits per heavy atom. The van der Waals surface area contributed by atoms with Crippen LogP contribution in [0.2, 0.25) is 0 Å². The molecule has 0 aliphatic carbocycles. The maximum atomic E-state index is 13.3. The zero-order chi connectivity index (χ0) is 19.6.